The molecule has 0 aromatic carbocycles. The molecule has 0 radical (unpaired) electrons. The summed E-state index contributed by atoms with van der Waals surface area (Å²) in [5, 5.41) is -5.64. The van der Waals surface area contributed by atoms with Gasteiger partial charge in [-0.05, 0) is 42.9 Å². The van der Waals surface area contributed by atoms with E-state index >= 15 is 0 Å². The summed E-state index contributed by atoms with van der Waals surface area (Å²) < 4.78 is 104. The number of allylic oxidation sites excluding steroid dienone is 3. The van der Waals surface area contributed by atoms with Crippen LogP contribution in [0.1, 0.15) is 52.4 Å². The Labute approximate surface area is 187 Å². The molecular weight excluding hydrogens is 475 g/mol. The number of carbonyl (C=O) groups is 2. The largest absolute Gasteiger partial charge is 0.444 e. The van der Waals surface area contributed by atoms with Gasteiger partial charge in [-0.25, -0.2) is 0 Å². The third kappa shape index (κ3) is 3.97. The number of fused-ring (bicyclic) bond motifs is 1. The lowest BCUT2D eigenvalue weighted by molar-refractivity contribution is -0.265. The van der Waals surface area contributed by atoms with Crippen LogP contribution in [0.2, 0.25) is 0 Å². The number of ketones is 1. The molecule has 5 aliphatic rings. The molecule has 0 aromatic heterocycles. The Morgan fingerprint density at radius 3 is 2.33 bits per heavy atom. The lowest BCUT2D eigenvalue weighted by atomic mass is 9.45. The summed E-state index contributed by atoms with van der Waals surface area (Å²) in [6.07, 6.45) is -6.19. The van der Waals surface area contributed by atoms with E-state index in [1.54, 1.807) is 19.9 Å². The van der Waals surface area contributed by atoms with E-state index in [1.165, 1.54) is 0 Å². The van der Waals surface area contributed by atoms with E-state index in [2.05, 4.69) is 8.92 Å². The molecule has 4 unspecified atom stereocenters. The molecule has 33 heavy (non-hydrogen) atoms. The molecule has 2 saturated carbocycles. The average molecular weight is 498 g/mol. The van der Waals surface area contributed by atoms with Crippen molar-refractivity contribution in [2.45, 2.75) is 69.9 Å². The Bertz CT molecular complexity index is 1060. The van der Waals surface area contributed by atoms with Crippen molar-refractivity contribution < 1.29 is 48.9 Å². The van der Waals surface area contributed by atoms with E-state index in [4.69, 9.17) is 0 Å². The lowest BCUT2D eigenvalue weighted by Gasteiger charge is -2.58. The van der Waals surface area contributed by atoms with Gasteiger partial charge in [0.2, 0.25) is 0 Å². The summed E-state index contributed by atoms with van der Waals surface area (Å²) >= 11 is 0. The number of halogens is 5. The second kappa shape index (κ2) is 7.26. The van der Waals surface area contributed by atoms with Gasteiger partial charge in [0.1, 0.15) is 5.76 Å². The minimum atomic E-state index is -6.27. The average Bonchev–Trinajstić information content (AvgIpc) is 2.62. The summed E-state index contributed by atoms with van der Waals surface area (Å²) in [5.74, 6) is -2.75. The number of hydrogen-bond donors (Lipinski definition) is 0. The number of hydrogen-bond acceptors (Lipinski definition) is 6. The van der Waals surface area contributed by atoms with E-state index < -0.39 is 56.0 Å². The van der Waals surface area contributed by atoms with Gasteiger partial charge < -0.3 is 8.92 Å². The molecule has 0 spiro atoms. The number of ether oxygens (including phenoxy) is 1. The van der Waals surface area contributed by atoms with Crippen molar-refractivity contribution >= 4 is 21.9 Å². The fourth-order valence-electron chi connectivity index (χ4n) is 5.63. The summed E-state index contributed by atoms with van der Waals surface area (Å²) in [6.45, 7) is 3.09. The van der Waals surface area contributed by atoms with Gasteiger partial charge >= 0.3 is 27.5 Å². The van der Waals surface area contributed by atoms with Gasteiger partial charge in [-0.3, -0.25) is 9.59 Å². The quantitative estimate of drug-likeness (QED) is 0.233. The molecule has 0 amide bonds. The third-order valence-electron chi connectivity index (χ3n) is 6.91. The molecule has 5 rings (SSSR count). The van der Waals surface area contributed by atoms with Crippen LogP contribution in [0.4, 0.5) is 22.0 Å². The predicted octanol–water partition coefficient (Wildman–Crippen LogP) is 4.42. The zero-order valence-corrected chi connectivity index (χ0v) is 18.7. The maximum absolute atomic E-state index is 14.8. The Morgan fingerprint density at radius 2 is 1.82 bits per heavy atom. The summed E-state index contributed by atoms with van der Waals surface area (Å²) in [7, 11) is -6.27. The van der Waals surface area contributed by atoms with Gasteiger partial charge in [0, 0.05) is 18.9 Å². The smallest absolute Gasteiger partial charge is 0.432 e. The van der Waals surface area contributed by atoms with E-state index in [0.29, 0.717) is 18.1 Å². The topological polar surface area (TPSA) is 86.7 Å². The highest BCUT2D eigenvalue weighted by molar-refractivity contribution is 7.88. The standard InChI is InChI=1S/C21H23F5O6S/c1-18(2)9-13(27)6-14(10-18)32-33(29,30)21(25,26)16(20(22,23)24)31-17(28)19-7-11-3-4-15(19)12(5-11)8-19/h4,6,11-12,16H,3,5,7-10H2,1-2H3. The molecular formula is C21H23F5O6S. The molecule has 184 valence electrons. The summed E-state index contributed by atoms with van der Waals surface area (Å²) in [5.41, 5.74) is -1.65. The second-order valence-corrected chi connectivity index (χ2v) is 11.8. The highest BCUT2D eigenvalue weighted by Gasteiger charge is 2.70. The molecule has 0 aromatic rings. The maximum atomic E-state index is 14.8. The van der Waals surface area contributed by atoms with Gasteiger partial charge in [0.25, 0.3) is 6.10 Å². The first-order valence-electron chi connectivity index (χ1n) is 10.5. The Balaban J connectivity index is 1.59. The van der Waals surface area contributed by atoms with Gasteiger partial charge in [-0.2, -0.15) is 30.4 Å². The van der Waals surface area contributed by atoms with Crippen LogP contribution < -0.4 is 0 Å². The van der Waals surface area contributed by atoms with Gasteiger partial charge in [0.15, 0.2) is 5.78 Å². The Kier molecular flexibility index (Phi) is 5.31. The van der Waals surface area contributed by atoms with Crippen LogP contribution in [-0.4, -0.2) is 37.7 Å². The highest BCUT2D eigenvalue weighted by Crippen LogP contribution is 2.65. The van der Waals surface area contributed by atoms with Crippen LogP contribution in [0.3, 0.4) is 0 Å². The van der Waals surface area contributed by atoms with Gasteiger partial charge in [0.05, 0.1) is 5.41 Å². The fourth-order valence-corrected chi connectivity index (χ4v) is 6.58. The highest BCUT2D eigenvalue weighted by atomic mass is 32.2. The van der Waals surface area contributed by atoms with E-state index in [9.17, 15) is 40.0 Å². The van der Waals surface area contributed by atoms with Crippen molar-refractivity contribution in [3.8, 4) is 0 Å². The van der Waals surface area contributed by atoms with Crippen LogP contribution >= 0.6 is 0 Å². The van der Waals surface area contributed by atoms with E-state index in [0.717, 1.165) is 6.42 Å². The number of esters is 1. The third-order valence-corrected chi connectivity index (χ3v) is 8.22. The predicted molar refractivity (Wildman–Crippen MR) is 103 cm³/mol. The van der Waals surface area contributed by atoms with Crippen molar-refractivity contribution in [1.82, 2.24) is 0 Å². The minimum absolute atomic E-state index is 0.0149. The van der Waals surface area contributed by atoms with Crippen LogP contribution in [0, 0.1) is 22.7 Å². The van der Waals surface area contributed by atoms with Crippen molar-refractivity contribution in [3.05, 3.63) is 23.5 Å². The van der Waals surface area contributed by atoms with E-state index in [-0.39, 0.29) is 37.5 Å². The van der Waals surface area contributed by atoms with Crippen LogP contribution in [0.15, 0.2) is 23.5 Å². The second-order valence-electron chi connectivity index (χ2n) is 10.2. The first-order chi connectivity index (χ1) is 15.0. The van der Waals surface area contributed by atoms with Gasteiger partial charge in [-0.1, -0.05) is 25.5 Å². The minimum Gasteiger partial charge on any atom is -0.444 e. The van der Waals surface area contributed by atoms with Crippen LogP contribution in [-0.2, 0) is 28.6 Å². The monoisotopic (exact) mass is 498 g/mol. The van der Waals surface area contributed by atoms with E-state index in [1.807, 2.05) is 0 Å². The molecule has 2 fully saturated rings. The maximum Gasteiger partial charge on any atom is 0.432 e. The Morgan fingerprint density at radius 1 is 1.15 bits per heavy atom. The number of rotatable bonds is 6. The molecule has 5 aliphatic carbocycles. The van der Waals surface area contributed by atoms with Gasteiger partial charge in [-0.15, -0.1) is 0 Å². The first kappa shape index (κ1) is 24.2. The normalized spacial score (nSPS) is 31.8. The van der Waals surface area contributed by atoms with Crippen LogP contribution in [0.5, 0.6) is 0 Å². The molecule has 12 heteroatoms. The van der Waals surface area contributed by atoms with Crippen molar-refractivity contribution in [3.63, 3.8) is 0 Å². The zero-order valence-electron chi connectivity index (χ0n) is 17.9. The Hall–Kier alpha value is -1.98. The first-order valence-corrected chi connectivity index (χ1v) is 11.9. The molecule has 0 N–H and O–H groups in total. The molecule has 0 saturated heterocycles. The van der Waals surface area contributed by atoms with Crippen LogP contribution in [0.25, 0.3) is 0 Å². The number of alkyl halides is 5. The van der Waals surface area contributed by atoms with Crippen molar-refractivity contribution in [1.29, 1.82) is 0 Å². The molecule has 0 heterocycles. The fraction of sp³-hybridized carbons (Fsp3) is 0.714. The van der Waals surface area contributed by atoms with Crippen molar-refractivity contribution in [2.24, 2.45) is 22.7 Å². The molecule has 4 bridgehead atoms. The molecule has 0 aliphatic heterocycles. The van der Waals surface area contributed by atoms with Crippen molar-refractivity contribution in [2.75, 3.05) is 0 Å². The summed E-state index contributed by atoms with van der Waals surface area (Å²) in [4.78, 5) is 24.5. The summed E-state index contributed by atoms with van der Waals surface area (Å²) in [6, 6.07) is 0. The SMILES string of the molecule is CC1(C)CC(=O)C=C(OS(=O)(=O)C(F)(F)C(OC(=O)C23CC4CC=C2C(C4)C3)C(F)(F)F)C1. The molecule has 4 atom stereocenters. The number of carbonyl (C=O) groups excluding carboxylic acids is 2. The zero-order chi connectivity index (χ0) is 24.6. The lowest BCUT2D eigenvalue weighted by Crippen LogP contribution is -2.59. The molecule has 6 nitrogen and oxygen atoms in total.